The van der Waals surface area contributed by atoms with E-state index < -0.39 is 0 Å². The summed E-state index contributed by atoms with van der Waals surface area (Å²) in [6, 6.07) is 22.9. The van der Waals surface area contributed by atoms with Gasteiger partial charge in [-0.2, -0.15) is 0 Å². The van der Waals surface area contributed by atoms with Crippen molar-refractivity contribution in [2.75, 3.05) is 13.1 Å². The molecule has 1 fully saturated rings. The lowest BCUT2D eigenvalue weighted by molar-refractivity contribution is 0.0568. The van der Waals surface area contributed by atoms with Crippen LogP contribution in [0.2, 0.25) is 0 Å². The molecule has 3 heteroatoms. The molecule has 1 aliphatic heterocycles. The highest BCUT2D eigenvalue weighted by Crippen LogP contribution is 2.31. The van der Waals surface area contributed by atoms with Gasteiger partial charge in [0.1, 0.15) is 0 Å². The average Bonchev–Trinajstić information content (AvgIpc) is 2.75. The predicted molar refractivity (Wildman–Crippen MR) is 109 cm³/mol. The van der Waals surface area contributed by atoms with Gasteiger partial charge in [-0.05, 0) is 72.3 Å². The van der Waals surface area contributed by atoms with Crippen molar-refractivity contribution in [3.8, 4) is 11.1 Å². The molecule has 1 atom stereocenters. The highest BCUT2D eigenvalue weighted by molar-refractivity contribution is 5.63. The Morgan fingerprint density at radius 2 is 1.63 bits per heavy atom. The molecule has 138 valence electrons. The first-order valence-corrected chi connectivity index (χ1v) is 9.74. The Bertz CT molecular complexity index is 843. The second-order valence-corrected chi connectivity index (χ2v) is 7.41. The molecule has 0 spiro atoms. The summed E-state index contributed by atoms with van der Waals surface area (Å²) in [6.45, 7) is 3.04. The predicted octanol–water partition coefficient (Wildman–Crippen LogP) is 4.69. The van der Waals surface area contributed by atoms with Crippen molar-refractivity contribution in [3.63, 3.8) is 0 Å². The lowest BCUT2D eigenvalue weighted by atomic mass is 9.87. The number of hydrogen-bond acceptors (Lipinski definition) is 3. The summed E-state index contributed by atoms with van der Waals surface area (Å²) in [5.74, 6) is 0.354. The van der Waals surface area contributed by atoms with Gasteiger partial charge >= 0.3 is 0 Å². The number of aliphatic hydroxyl groups is 1. The zero-order valence-corrected chi connectivity index (χ0v) is 15.5. The number of nitrogens with zero attached hydrogens (tertiary/aromatic N) is 2. The molecule has 1 aromatic heterocycles. The Morgan fingerprint density at radius 1 is 0.889 bits per heavy atom. The minimum atomic E-state index is -0.344. The molecule has 0 radical (unpaired) electrons. The molecule has 2 heterocycles. The largest absolute Gasteiger partial charge is 0.388 e. The Hall–Kier alpha value is -2.49. The molecule has 0 aliphatic carbocycles. The first-order valence-electron chi connectivity index (χ1n) is 9.74. The van der Waals surface area contributed by atoms with Gasteiger partial charge in [0.05, 0.1) is 6.10 Å². The smallest absolute Gasteiger partial charge is 0.0819 e. The van der Waals surface area contributed by atoms with Crippen molar-refractivity contribution in [2.45, 2.75) is 25.5 Å². The molecular weight excluding hydrogens is 332 g/mol. The van der Waals surface area contributed by atoms with Crippen molar-refractivity contribution in [2.24, 2.45) is 5.92 Å². The van der Waals surface area contributed by atoms with Crippen LogP contribution in [-0.2, 0) is 6.54 Å². The topological polar surface area (TPSA) is 36.4 Å². The summed E-state index contributed by atoms with van der Waals surface area (Å²) in [5, 5.41) is 10.7. The fourth-order valence-electron chi connectivity index (χ4n) is 4.00. The first-order chi connectivity index (χ1) is 13.3. The highest BCUT2D eigenvalue weighted by atomic mass is 16.3. The second-order valence-electron chi connectivity index (χ2n) is 7.41. The standard InChI is InChI=1S/C24H26N2O/c27-24(21-6-2-1-3-7-21)22-11-15-26(16-12-22)18-19-5-4-8-23(17-19)20-9-13-25-14-10-20/h1-10,13-14,17,22,24,27H,11-12,15-16,18H2/t24-/m0/s1. The van der Waals surface area contributed by atoms with Crippen LogP contribution < -0.4 is 0 Å². The molecule has 0 unspecified atom stereocenters. The van der Waals surface area contributed by atoms with E-state index in [0.29, 0.717) is 5.92 Å². The third kappa shape index (κ3) is 4.44. The van der Waals surface area contributed by atoms with Crippen molar-refractivity contribution in [1.82, 2.24) is 9.88 Å². The van der Waals surface area contributed by atoms with Gasteiger partial charge in [-0.15, -0.1) is 0 Å². The lowest BCUT2D eigenvalue weighted by Gasteiger charge is -2.34. The monoisotopic (exact) mass is 358 g/mol. The number of likely N-dealkylation sites (tertiary alicyclic amines) is 1. The van der Waals surface area contributed by atoms with Crippen molar-refractivity contribution in [1.29, 1.82) is 0 Å². The third-order valence-corrected chi connectivity index (χ3v) is 5.57. The van der Waals surface area contributed by atoms with E-state index in [4.69, 9.17) is 0 Å². The molecule has 2 aromatic carbocycles. The van der Waals surface area contributed by atoms with Gasteiger partial charge in [0.25, 0.3) is 0 Å². The lowest BCUT2D eigenvalue weighted by Crippen LogP contribution is -2.35. The van der Waals surface area contributed by atoms with Crippen LogP contribution in [0.5, 0.6) is 0 Å². The van der Waals surface area contributed by atoms with Gasteiger partial charge in [-0.1, -0.05) is 48.5 Å². The fourth-order valence-corrected chi connectivity index (χ4v) is 4.00. The number of benzene rings is 2. The van der Waals surface area contributed by atoms with Gasteiger partial charge in [0, 0.05) is 18.9 Å². The maximum absolute atomic E-state index is 10.7. The summed E-state index contributed by atoms with van der Waals surface area (Å²) in [7, 11) is 0. The average molecular weight is 358 g/mol. The van der Waals surface area contributed by atoms with Crippen LogP contribution >= 0.6 is 0 Å². The van der Waals surface area contributed by atoms with Crippen LogP contribution in [0, 0.1) is 5.92 Å². The van der Waals surface area contributed by atoms with E-state index in [0.717, 1.165) is 38.0 Å². The molecule has 0 saturated carbocycles. The minimum Gasteiger partial charge on any atom is -0.388 e. The zero-order valence-electron chi connectivity index (χ0n) is 15.5. The quantitative estimate of drug-likeness (QED) is 0.718. The van der Waals surface area contributed by atoms with E-state index >= 15 is 0 Å². The molecule has 0 amide bonds. The van der Waals surface area contributed by atoms with Crippen LogP contribution in [0.25, 0.3) is 11.1 Å². The minimum absolute atomic E-state index is 0.344. The number of rotatable bonds is 5. The van der Waals surface area contributed by atoms with E-state index in [-0.39, 0.29) is 6.10 Å². The fraction of sp³-hybridized carbons (Fsp3) is 0.292. The Morgan fingerprint density at radius 3 is 2.37 bits per heavy atom. The number of pyridine rings is 1. The Balaban J connectivity index is 1.36. The van der Waals surface area contributed by atoms with Crippen LogP contribution in [0.4, 0.5) is 0 Å². The van der Waals surface area contributed by atoms with Crippen LogP contribution in [0.1, 0.15) is 30.1 Å². The number of piperidine rings is 1. The maximum atomic E-state index is 10.7. The molecular formula is C24H26N2O. The Labute approximate surface area is 161 Å². The van der Waals surface area contributed by atoms with Crippen molar-refractivity contribution in [3.05, 3.63) is 90.3 Å². The molecule has 1 saturated heterocycles. The van der Waals surface area contributed by atoms with Crippen LogP contribution in [0.15, 0.2) is 79.1 Å². The van der Waals surface area contributed by atoms with Crippen molar-refractivity contribution >= 4 is 0 Å². The van der Waals surface area contributed by atoms with Crippen molar-refractivity contribution < 1.29 is 5.11 Å². The summed E-state index contributed by atoms with van der Waals surface area (Å²) in [6.07, 6.45) is 5.42. The molecule has 3 nitrogen and oxygen atoms in total. The molecule has 1 N–H and O–H groups in total. The summed E-state index contributed by atoms with van der Waals surface area (Å²) < 4.78 is 0. The highest BCUT2D eigenvalue weighted by Gasteiger charge is 2.26. The van der Waals surface area contributed by atoms with E-state index in [1.807, 2.05) is 42.7 Å². The van der Waals surface area contributed by atoms with Gasteiger partial charge < -0.3 is 5.11 Å². The van der Waals surface area contributed by atoms with Gasteiger partial charge in [0.2, 0.25) is 0 Å². The number of aromatic nitrogens is 1. The van der Waals surface area contributed by atoms with Crippen LogP contribution in [0.3, 0.4) is 0 Å². The third-order valence-electron chi connectivity index (χ3n) is 5.57. The van der Waals surface area contributed by atoms with E-state index in [2.05, 4.69) is 46.3 Å². The molecule has 4 rings (SSSR count). The van der Waals surface area contributed by atoms with Gasteiger partial charge in [-0.25, -0.2) is 0 Å². The summed E-state index contributed by atoms with van der Waals surface area (Å²) in [4.78, 5) is 6.60. The summed E-state index contributed by atoms with van der Waals surface area (Å²) >= 11 is 0. The SMILES string of the molecule is O[C@@H](c1ccccc1)C1CCN(Cc2cccc(-c3ccncc3)c2)CC1. The molecule has 1 aliphatic rings. The van der Waals surface area contributed by atoms with E-state index in [9.17, 15) is 5.11 Å². The van der Waals surface area contributed by atoms with E-state index in [1.54, 1.807) is 0 Å². The maximum Gasteiger partial charge on any atom is 0.0819 e. The van der Waals surface area contributed by atoms with Crippen LogP contribution in [-0.4, -0.2) is 28.1 Å². The van der Waals surface area contributed by atoms with Gasteiger partial charge in [-0.3, -0.25) is 9.88 Å². The zero-order chi connectivity index (χ0) is 18.5. The normalized spacial score (nSPS) is 16.9. The number of aliphatic hydroxyl groups excluding tert-OH is 1. The Kier molecular flexibility index (Phi) is 5.61. The molecule has 3 aromatic rings. The molecule has 27 heavy (non-hydrogen) atoms. The van der Waals surface area contributed by atoms with Gasteiger partial charge in [0.15, 0.2) is 0 Å². The number of hydrogen-bond donors (Lipinski definition) is 1. The first kappa shape index (κ1) is 17.9. The summed E-state index contributed by atoms with van der Waals surface area (Å²) in [5.41, 5.74) is 4.83. The van der Waals surface area contributed by atoms with E-state index in [1.165, 1.54) is 16.7 Å². The second kappa shape index (κ2) is 8.47. The molecule has 0 bridgehead atoms.